The van der Waals surface area contributed by atoms with Crippen LogP contribution in [-0.2, 0) is 37.2 Å². The molecule has 9 heteroatoms. The highest BCUT2D eigenvalue weighted by Crippen LogP contribution is 2.17. The summed E-state index contributed by atoms with van der Waals surface area (Å²) in [4.78, 5) is 24.7. The molecule has 0 radical (unpaired) electrons. The first-order valence-electron chi connectivity index (χ1n) is 10.6. The standard InChI is InChI=1S/C25H25ClN2O5S/c1-2-33-24(29)17-19-8-12-21(13-9-19)27-25(30)23(16-18-6-4-3-5-7-18)28-34(31,32)22-14-10-20(26)11-15-22/h3-15,23,28H,2,16-17H2,1H3,(H,27,30). The molecule has 2 N–H and O–H groups in total. The van der Waals surface area contributed by atoms with Gasteiger partial charge in [-0.05, 0) is 60.9 Å². The van der Waals surface area contributed by atoms with E-state index in [1.54, 1.807) is 31.2 Å². The first-order valence-corrected chi connectivity index (χ1v) is 12.5. The Morgan fingerprint density at radius 2 is 1.56 bits per heavy atom. The Bertz CT molecular complexity index is 1210. The molecule has 0 saturated heterocycles. The number of esters is 1. The molecule has 34 heavy (non-hydrogen) atoms. The Kier molecular flexibility index (Phi) is 8.81. The highest BCUT2D eigenvalue weighted by atomic mass is 35.5. The summed E-state index contributed by atoms with van der Waals surface area (Å²) in [7, 11) is -3.98. The number of nitrogens with one attached hydrogen (secondary N) is 2. The van der Waals surface area contributed by atoms with Crippen LogP contribution in [0.25, 0.3) is 0 Å². The van der Waals surface area contributed by atoms with Gasteiger partial charge in [0.1, 0.15) is 6.04 Å². The monoisotopic (exact) mass is 500 g/mol. The molecular formula is C25H25ClN2O5S. The summed E-state index contributed by atoms with van der Waals surface area (Å²) in [6.07, 6.45) is 0.278. The number of benzene rings is 3. The summed E-state index contributed by atoms with van der Waals surface area (Å²) in [5, 5.41) is 3.15. The summed E-state index contributed by atoms with van der Waals surface area (Å²) >= 11 is 5.87. The van der Waals surface area contributed by atoms with E-state index in [0.29, 0.717) is 17.3 Å². The van der Waals surface area contributed by atoms with Gasteiger partial charge >= 0.3 is 5.97 Å². The van der Waals surface area contributed by atoms with Crippen LogP contribution < -0.4 is 10.0 Å². The second-order valence-corrected chi connectivity index (χ2v) is 9.64. The zero-order chi connectivity index (χ0) is 24.6. The molecule has 3 aromatic carbocycles. The number of ether oxygens (including phenoxy) is 1. The van der Waals surface area contributed by atoms with Crippen molar-refractivity contribution in [3.63, 3.8) is 0 Å². The first kappa shape index (κ1) is 25.4. The number of anilines is 1. The number of rotatable bonds is 10. The summed E-state index contributed by atoms with van der Waals surface area (Å²) in [5.74, 6) is -0.849. The maximum atomic E-state index is 13.1. The molecule has 1 atom stereocenters. The Labute approximate surface area is 204 Å². The number of hydrogen-bond acceptors (Lipinski definition) is 5. The van der Waals surface area contributed by atoms with Gasteiger partial charge in [-0.15, -0.1) is 0 Å². The molecule has 7 nitrogen and oxygen atoms in total. The van der Waals surface area contributed by atoms with Crippen LogP contribution in [0.2, 0.25) is 5.02 Å². The largest absolute Gasteiger partial charge is 0.466 e. The quantitative estimate of drug-likeness (QED) is 0.410. The van der Waals surface area contributed by atoms with Crippen molar-refractivity contribution in [2.45, 2.75) is 30.7 Å². The van der Waals surface area contributed by atoms with E-state index in [9.17, 15) is 18.0 Å². The summed E-state index contributed by atoms with van der Waals surface area (Å²) in [6, 6.07) is 20.5. The van der Waals surface area contributed by atoms with E-state index in [1.807, 2.05) is 30.3 Å². The summed E-state index contributed by atoms with van der Waals surface area (Å²) < 4.78 is 33.3. The van der Waals surface area contributed by atoms with Crippen LogP contribution >= 0.6 is 11.6 Å². The van der Waals surface area contributed by atoms with E-state index in [4.69, 9.17) is 16.3 Å². The highest BCUT2D eigenvalue weighted by molar-refractivity contribution is 7.89. The molecule has 0 aliphatic rings. The number of sulfonamides is 1. The maximum absolute atomic E-state index is 13.1. The molecule has 3 aromatic rings. The number of amides is 1. The molecule has 0 aromatic heterocycles. The molecular weight excluding hydrogens is 476 g/mol. The molecule has 1 amide bonds. The van der Waals surface area contributed by atoms with Gasteiger partial charge in [0, 0.05) is 10.7 Å². The highest BCUT2D eigenvalue weighted by Gasteiger charge is 2.26. The van der Waals surface area contributed by atoms with E-state index in [0.717, 1.165) is 11.1 Å². The molecule has 3 rings (SSSR count). The summed E-state index contributed by atoms with van der Waals surface area (Å²) in [5.41, 5.74) is 2.01. The third kappa shape index (κ3) is 7.41. The fourth-order valence-corrected chi connectivity index (χ4v) is 4.54. The topological polar surface area (TPSA) is 102 Å². The van der Waals surface area contributed by atoms with Crippen molar-refractivity contribution < 1.29 is 22.7 Å². The van der Waals surface area contributed by atoms with Crippen LogP contribution in [0.4, 0.5) is 5.69 Å². The van der Waals surface area contributed by atoms with Gasteiger partial charge in [-0.1, -0.05) is 54.1 Å². The van der Waals surface area contributed by atoms with Crippen molar-refractivity contribution in [2.24, 2.45) is 0 Å². The van der Waals surface area contributed by atoms with Gasteiger partial charge < -0.3 is 10.1 Å². The smallest absolute Gasteiger partial charge is 0.310 e. The van der Waals surface area contributed by atoms with Gasteiger partial charge in [-0.3, -0.25) is 9.59 Å². The van der Waals surface area contributed by atoms with Crippen molar-refractivity contribution in [1.82, 2.24) is 4.72 Å². The Hall–Kier alpha value is -3.20. The van der Waals surface area contributed by atoms with Crippen LogP contribution in [0, 0.1) is 0 Å². The first-order chi connectivity index (χ1) is 16.3. The fourth-order valence-electron chi connectivity index (χ4n) is 3.22. The molecule has 0 bridgehead atoms. The normalized spacial score (nSPS) is 12.1. The lowest BCUT2D eigenvalue weighted by atomic mass is 10.1. The van der Waals surface area contributed by atoms with E-state index in [1.165, 1.54) is 24.3 Å². The van der Waals surface area contributed by atoms with Gasteiger partial charge in [0.2, 0.25) is 15.9 Å². The van der Waals surface area contributed by atoms with Crippen molar-refractivity contribution in [1.29, 1.82) is 0 Å². The zero-order valence-electron chi connectivity index (χ0n) is 18.5. The third-order valence-corrected chi connectivity index (χ3v) is 6.64. The van der Waals surface area contributed by atoms with Crippen LogP contribution in [0.5, 0.6) is 0 Å². The van der Waals surface area contributed by atoms with E-state index in [2.05, 4.69) is 10.0 Å². The van der Waals surface area contributed by atoms with Crippen molar-refractivity contribution in [2.75, 3.05) is 11.9 Å². The Morgan fingerprint density at radius 3 is 2.18 bits per heavy atom. The van der Waals surface area contributed by atoms with Crippen molar-refractivity contribution in [3.8, 4) is 0 Å². The molecule has 1 unspecified atom stereocenters. The second-order valence-electron chi connectivity index (χ2n) is 7.49. The lowest BCUT2D eigenvalue weighted by Crippen LogP contribution is -2.45. The number of carbonyl (C=O) groups is 2. The molecule has 0 aliphatic heterocycles. The molecule has 178 valence electrons. The lowest BCUT2D eigenvalue weighted by molar-refractivity contribution is -0.142. The average molecular weight is 501 g/mol. The molecule has 0 spiro atoms. The zero-order valence-corrected chi connectivity index (χ0v) is 20.1. The van der Waals surface area contributed by atoms with Gasteiger partial charge in [0.25, 0.3) is 0 Å². The van der Waals surface area contributed by atoms with Crippen molar-refractivity contribution in [3.05, 3.63) is 95.0 Å². The fraction of sp³-hybridized carbons (Fsp3) is 0.200. The van der Waals surface area contributed by atoms with Crippen molar-refractivity contribution >= 4 is 39.2 Å². The minimum atomic E-state index is -3.98. The molecule has 0 aliphatic carbocycles. The van der Waals surface area contributed by atoms with Crippen LogP contribution in [0.1, 0.15) is 18.1 Å². The van der Waals surface area contributed by atoms with E-state index >= 15 is 0 Å². The average Bonchev–Trinajstić information content (AvgIpc) is 2.81. The Balaban J connectivity index is 1.76. The number of halogens is 1. The third-order valence-electron chi connectivity index (χ3n) is 4.90. The van der Waals surface area contributed by atoms with Crippen LogP contribution in [0.3, 0.4) is 0 Å². The van der Waals surface area contributed by atoms with Gasteiger partial charge in [0.05, 0.1) is 17.9 Å². The maximum Gasteiger partial charge on any atom is 0.310 e. The minimum absolute atomic E-state index is 0.00563. The van der Waals surface area contributed by atoms with E-state index in [-0.39, 0.29) is 23.7 Å². The van der Waals surface area contributed by atoms with Gasteiger partial charge in [-0.2, -0.15) is 4.72 Å². The van der Waals surface area contributed by atoms with Gasteiger partial charge in [-0.25, -0.2) is 8.42 Å². The minimum Gasteiger partial charge on any atom is -0.466 e. The predicted octanol–water partition coefficient (Wildman–Crippen LogP) is 3.97. The lowest BCUT2D eigenvalue weighted by Gasteiger charge is -2.19. The van der Waals surface area contributed by atoms with Crippen LogP contribution in [0.15, 0.2) is 83.8 Å². The number of hydrogen-bond donors (Lipinski definition) is 2. The number of carbonyl (C=O) groups excluding carboxylic acids is 2. The molecule has 0 fully saturated rings. The predicted molar refractivity (Wildman–Crippen MR) is 131 cm³/mol. The summed E-state index contributed by atoms with van der Waals surface area (Å²) in [6.45, 7) is 2.05. The Morgan fingerprint density at radius 1 is 0.912 bits per heavy atom. The van der Waals surface area contributed by atoms with Gasteiger partial charge in [0.15, 0.2) is 0 Å². The molecule has 0 heterocycles. The molecule has 0 saturated carbocycles. The SMILES string of the molecule is CCOC(=O)Cc1ccc(NC(=O)C(Cc2ccccc2)NS(=O)(=O)c2ccc(Cl)cc2)cc1. The van der Waals surface area contributed by atoms with E-state index < -0.39 is 22.0 Å². The van der Waals surface area contributed by atoms with Crippen LogP contribution in [-0.4, -0.2) is 32.9 Å². The second kappa shape index (κ2) is 11.8.